The minimum absolute atomic E-state index is 0.0896. The SMILES string of the molecule is Cc1ccc(F)cc1CC(=O)c1csc(CCN)n1. The van der Waals surface area contributed by atoms with Gasteiger partial charge in [0.15, 0.2) is 5.78 Å². The summed E-state index contributed by atoms with van der Waals surface area (Å²) in [6.07, 6.45) is 0.854. The molecular weight excluding hydrogens is 263 g/mol. The van der Waals surface area contributed by atoms with Crippen LogP contribution in [0.25, 0.3) is 0 Å². The van der Waals surface area contributed by atoms with E-state index in [2.05, 4.69) is 4.98 Å². The highest BCUT2D eigenvalue weighted by molar-refractivity contribution is 7.09. The Morgan fingerprint density at radius 1 is 1.47 bits per heavy atom. The molecule has 1 aromatic heterocycles. The molecular formula is C14H15FN2OS. The van der Waals surface area contributed by atoms with Crippen molar-refractivity contribution in [3.8, 4) is 0 Å². The molecule has 100 valence electrons. The van der Waals surface area contributed by atoms with E-state index in [1.807, 2.05) is 6.92 Å². The number of hydrogen-bond acceptors (Lipinski definition) is 4. The zero-order valence-electron chi connectivity index (χ0n) is 10.6. The Bertz CT molecular complexity index is 595. The van der Waals surface area contributed by atoms with E-state index < -0.39 is 0 Å². The molecule has 0 unspecified atom stereocenters. The molecule has 19 heavy (non-hydrogen) atoms. The maximum Gasteiger partial charge on any atom is 0.186 e. The van der Waals surface area contributed by atoms with Crippen LogP contribution in [0.5, 0.6) is 0 Å². The molecule has 5 heteroatoms. The molecule has 0 aliphatic heterocycles. The molecule has 2 aromatic rings. The van der Waals surface area contributed by atoms with Crippen LogP contribution in [0.4, 0.5) is 4.39 Å². The summed E-state index contributed by atoms with van der Waals surface area (Å²) in [5.41, 5.74) is 7.50. The number of hydrogen-bond donors (Lipinski definition) is 1. The molecule has 0 saturated heterocycles. The van der Waals surface area contributed by atoms with Crippen molar-refractivity contribution in [2.45, 2.75) is 19.8 Å². The predicted molar refractivity (Wildman–Crippen MR) is 74.0 cm³/mol. The average Bonchev–Trinajstić information content (AvgIpc) is 2.83. The van der Waals surface area contributed by atoms with Crippen LogP contribution in [0.3, 0.4) is 0 Å². The molecule has 2 rings (SSSR count). The van der Waals surface area contributed by atoms with E-state index in [-0.39, 0.29) is 18.0 Å². The van der Waals surface area contributed by atoms with Crippen molar-refractivity contribution in [3.05, 3.63) is 51.2 Å². The molecule has 0 spiro atoms. The number of nitrogens with zero attached hydrogens (tertiary/aromatic N) is 1. The minimum Gasteiger partial charge on any atom is -0.330 e. The lowest BCUT2D eigenvalue weighted by Crippen LogP contribution is -2.07. The number of Topliss-reactive ketones (excluding diaryl/α,β-unsaturated/α-hetero) is 1. The van der Waals surface area contributed by atoms with Crippen molar-refractivity contribution in [2.75, 3.05) is 6.54 Å². The monoisotopic (exact) mass is 278 g/mol. The van der Waals surface area contributed by atoms with Crippen LogP contribution in [0, 0.1) is 12.7 Å². The highest BCUT2D eigenvalue weighted by Gasteiger charge is 2.13. The van der Waals surface area contributed by atoms with Gasteiger partial charge in [-0.2, -0.15) is 0 Å². The third-order valence-corrected chi connectivity index (χ3v) is 3.77. The van der Waals surface area contributed by atoms with E-state index in [1.54, 1.807) is 11.4 Å². The van der Waals surface area contributed by atoms with Gasteiger partial charge in [0.1, 0.15) is 11.5 Å². The summed E-state index contributed by atoms with van der Waals surface area (Å²) in [4.78, 5) is 16.3. The summed E-state index contributed by atoms with van der Waals surface area (Å²) in [6.45, 7) is 2.38. The molecule has 2 N–H and O–H groups in total. The Morgan fingerprint density at radius 2 is 2.26 bits per heavy atom. The Balaban J connectivity index is 2.13. The van der Waals surface area contributed by atoms with Crippen molar-refractivity contribution < 1.29 is 9.18 Å². The Labute approximate surface area is 115 Å². The number of aryl methyl sites for hydroxylation is 1. The zero-order valence-corrected chi connectivity index (χ0v) is 11.5. The topological polar surface area (TPSA) is 56.0 Å². The van der Waals surface area contributed by atoms with Crippen LogP contribution in [-0.4, -0.2) is 17.3 Å². The number of carbonyl (C=O) groups excluding carboxylic acids is 1. The fourth-order valence-corrected chi connectivity index (χ4v) is 2.59. The van der Waals surface area contributed by atoms with Gasteiger partial charge in [-0.25, -0.2) is 9.37 Å². The van der Waals surface area contributed by atoms with Crippen molar-refractivity contribution in [1.29, 1.82) is 0 Å². The summed E-state index contributed by atoms with van der Waals surface area (Å²) in [6, 6.07) is 4.48. The molecule has 0 bridgehead atoms. The standard InChI is InChI=1S/C14H15FN2OS/c1-9-2-3-11(15)6-10(9)7-13(18)12-8-19-14(17-12)4-5-16/h2-3,6,8H,4-5,7,16H2,1H3. The molecule has 0 aliphatic rings. The first-order chi connectivity index (χ1) is 9.10. The van der Waals surface area contributed by atoms with E-state index in [9.17, 15) is 9.18 Å². The highest BCUT2D eigenvalue weighted by atomic mass is 32.1. The van der Waals surface area contributed by atoms with E-state index in [0.29, 0.717) is 24.2 Å². The normalized spacial score (nSPS) is 10.7. The fraction of sp³-hybridized carbons (Fsp3) is 0.286. The van der Waals surface area contributed by atoms with Gasteiger partial charge in [-0.3, -0.25) is 4.79 Å². The third-order valence-electron chi connectivity index (χ3n) is 2.86. The van der Waals surface area contributed by atoms with Gasteiger partial charge in [0.2, 0.25) is 0 Å². The second-order valence-electron chi connectivity index (χ2n) is 4.34. The van der Waals surface area contributed by atoms with Crippen LogP contribution in [0.2, 0.25) is 0 Å². The smallest absolute Gasteiger partial charge is 0.186 e. The Kier molecular flexibility index (Phi) is 4.39. The molecule has 3 nitrogen and oxygen atoms in total. The number of nitrogens with two attached hydrogens (primary N) is 1. The lowest BCUT2D eigenvalue weighted by molar-refractivity contribution is 0.0988. The third kappa shape index (κ3) is 3.45. The van der Waals surface area contributed by atoms with Gasteiger partial charge < -0.3 is 5.73 Å². The fourth-order valence-electron chi connectivity index (χ4n) is 1.77. The zero-order chi connectivity index (χ0) is 13.8. The number of halogens is 1. The summed E-state index contributed by atoms with van der Waals surface area (Å²) < 4.78 is 13.2. The molecule has 0 amide bonds. The summed E-state index contributed by atoms with van der Waals surface area (Å²) in [7, 11) is 0. The number of thiazole rings is 1. The van der Waals surface area contributed by atoms with Crippen molar-refractivity contribution in [1.82, 2.24) is 4.98 Å². The molecule has 0 saturated carbocycles. The number of aromatic nitrogens is 1. The largest absolute Gasteiger partial charge is 0.330 e. The number of rotatable bonds is 5. The first-order valence-corrected chi connectivity index (χ1v) is 6.91. The number of carbonyl (C=O) groups is 1. The van der Waals surface area contributed by atoms with Gasteiger partial charge in [0.25, 0.3) is 0 Å². The van der Waals surface area contributed by atoms with Crippen molar-refractivity contribution in [2.24, 2.45) is 5.73 Å². The minimum atomic E-state index is -0.324. The molecule has 0 aliphatic carbocycles. The van der Waals surface area contributed by atoms with E-state index in [1.165, 1.54) is 23.5 Å². The number of ketones is 1. The van der Waals surface area contributed by atoms with E-state index >= 15 is 0 Å². The molecule has 0 fully saturated rings. The lowest BCUT2D eigenvalue weighted by atomic mass is 10.0. The number of benzene rings is 1. The van der Waals surface area contributed by atoms with Crippen LogP contribution in [0.15, 0.2) is 23.6 Å². The molecule has 1 aromatic carbocycles. The first-order valence-electron chi connectivity index (χ1n) is 6.03. The molecule has 1 heterocycles. The van der Waals surface area contributed by atoms with Crippen LogP contribution in [0.1, 0.15) is 26.6 Å². The van der Waals surface area contributed by atoms with Gasteiger partial charge in [-0.05, 0) is 36.7 Å². The van der Waals surface area contributed by atoms with Crippen LogP contribution >= 0.6 is 11.3 Å². The Hall–Kier alpha value is -1.59. The van der Waals surface area contributed by atoms with Gasteiger partial charge in [-0.15, -0.1) is 11.3 Å². The van der Waals surface area contributed by atoms with Crippen molar-refractivity contribution >= 4 is 17.1 Å². The van der Waals surface area contributed by atoms with Crippen LogP contribution in [-0.2, 0) is 12.8 Å². The second-order valence-corrected chi connectivity index (χ2v) is 5.28. The highest BCUT2D eigenvalue weighted by Crippen LogP contribution is 2.16. The summed E-state index contributed by atoms with van der Waals surface area (Å²) in [5.74, 6) is -0.413. The summed E-state index contributed by atoms with van der Waals surface area (Å²) >= 11 is 1.43. The van der Waals surface area contributed by atoms with E-state index in [4.69, 9.17) is 5.73 Å². The Morgan fingerprint density at radius 3 is 3.00 bits per heavy atom. The van der Waals surface area contributed by atoms with Crippen molar-refractivity contribution in [3.63, 3.8) is 0 Å². The van der Waals surface area contributed by atoms with Gasteiger partial charge in [0, 0.05) is 18.2 Å². The second kappa shape index (κ2) is 6.04. The quantitative estimate of drug-likeness (QED) is 0.855. The van der Waals surface area contributed by atoms with E-state index in [0.717, 1.165) is 10.6 Å². The van der Waals surface area contributed by atoms with Gasteiger partial charge >= 0.3 is 0 Å². The average molecular weight is 278 g/mol. The predicted octanol–water partition coefficient (Wildman–Crippen LogP) is 2.52. The first kappa shape index (κ1) is 13.8. The maximum atomic E-state index is 13.2. The maximum absolute atomic E-state index is 13.2. The molecule has 0 atom stereocenters. The molecule has 0 radical (unpaired) electrons. The van der Waals surface area contributed by atoms with Gasteiger partial charge in [0.05, 0.1) is 5.01 Å². The lowest BCUT2D eigenvalue weighted by Gasteiger charge is -2.04. The summed E-state index contributed by atoms with van der Waals surface area (Å²) in [5, 5.41) is 2.60. The van der Waals surface area contributed by atoms with Gasteiger partial charge in [-0.1, -0.05) is 6.07 Å². The van der Waals surface area contributed by atoms with Crippen LogP contribution < -0.4 is 5.73 Å².